The number of ether oxygens (including phenoxy) is 1. The lowest BCUT2D eigenvalue weighted by atomic mass is 9.98. The molecule has 1 aromatic rings. The Morgan fingerprint density at radius 3 is 2.68 bits per heavy atom. The van der Waals surface area contributed by atoms with Gasteiger partial charge in [0.05, 0.1) is 12.8 Å². The summed E-state index contributed by atoms with van der Waals surface area (Å²) in [7, 11) is 1.57. The topological polar surface area (TPSA) is 64.3 Å². The van der Waals surface area contributed by atoms with Crippen LogP contribution in [-0.4, -0.2) is 13.0 Å². The second-order valence-electron chi connectivity index (χ2n) is 4.69. The maximum absolute atomic E-state index is 12.1. The van der Waals surface area contributed by atoms with Crippen molar-refractivity contribution in [3.8, 4) is 5.75 Å². The number of anilines is 2. The predicted molar refractivity (Wildman–Crippen MR) is 79.3 cm³/mol. The Kier molecular flexibility index (Phi) is 6.19. The first-order valence-electron chi connectivity index (χ1n) is 6.86. The van der Waals surface area contributed by atoms with Crippen LogP contribution in [0.25, 0.3) is 0 Å². The summed E-state index contributed by atoms with van der Waals surface area (Å²) in [5, 5.41) is 2.92. The molecular weight excluding hydrogens is 240 g/mol. The number of hydrogen-bond acceptors (Lipinski definition) is 3. The zero-order chi connectivity index (χ0) is 14.3. The number of rotatable bonds is 7. The van der Waals surface area contributed by atoms with E-state index in [1.807, 2.05) is 6.92 Å². The average molecular weight is 264 g/mol. The first-order valence-corrected chi connectivity index (χ1v) is 6.86. The summed E-state index contributed by atoms with van der Waals surface area (Å²) in [6.07, 6.45) is 3.98. The molecule has 1 unspecified atom stereocenters. The van der Waals surface area contributed by atoms with E-state index in [2.05, 4.69) is 12.2 Å². The van der Waals surface area contributed by atoms with Crippen molar-refractivity contribution in [2.75, 3.05) is 18.2 Å². The molecule has 1 amide bonds. The summed E-state index contributed by atoms with van der Waals surface area (Å²) in [6.45, 7) is 4.18. The van der Waals surface area contributed by atoms with E-state index in [-0.39, 0.29) is 11.8 Å². The van der Waals surface area contributed by atoms with Crippen molar-refractivity contribution in [3.63, 3.8) is 0 Å². The van der Waals surface area contributed by atoms with Crippen molar-refractivity contribution in [1.82, 2.24) is 0 Å². The molecule has 0 aromatic heterocycles. The number of carbonyl (C=O) groups is 1. The number of benzene rings is 1. The lowest BCUT2D eigenvalue weighted by Crippen LogP contribution is -2.22. The van der Waals surface area contributed by atoms with E-state index >= 15 is 0 Å². The average Bonchev–Trinajstić information content (AvgIpc) is 2.40. The largest absolute Gasteiger partial charge is 0.495 e. The minimum Gasteiger partial charge on any atom is -0.495 e. The van der Waals surface area contributed by atoms with Gasteiger partial charge in [-0.15, -0.1) is 0 Å². The molecule has 1 aromatic carbocycles. The van der Waals surface area contributed by atoms with Crippen molar-refractivity contribution in [2.24, 2.45) is 5.92 Å². The molecule has 0 heterocycles. The highest BCUT2D eigenvalue weighted by molar-refractivity contribution is 5.93. The number of amides is 1. The van der Waals surface area contributed by atoms with Gasteiger partial charge in [-0.3, -0.25) is 4.79 Å². The van der Waals surface area contributed by atoms with Gasteiger partial charge in [-0.05, 0) is 31.0 Å². The van der Waals surface area contributed by atoms with Gasteiger partial charge >= 0.3 is 0 Å². The van der Waals surface area contributed by atoms with Gasteiger partial charge in [0.25, 0.3) is 0 Å². The van der Waals surface area contributed by atoms with E-state index in [1.54, 1.807) is 25.3 Å². The summed E-state index contributed by atoms with van der Waals surface area (Å²) in [6, 6.07) is 5.29. The van der Waals surface area contributed by atoms with Crippen LogP contribution in [0.2, 0.25) is 0 Å². The SMILES string of the molecule is CCCCC(CC)C(=O)Nc1ccc(OC)c(N)c1. The molecule has 3 N–H and O–H groups in total. The molecule has 0 radical (unpaired) electrons. The first kappa shape index (κ1) is 15.3. The number of nitrogens with two attached hydrogens (primary N) is 1. The van der Waals surface area contributed by atoms with Crippen molar-refractivity contribution < 1.29 is 9.53 Å². The molecule has 4 nitrogen and oxygen atoms in total. The molecule has 0 bridgehead atoms. The van der Waals surface area contributed by atoms with E-state index in [4.69, 9.17) is 10.5 Å². The molecule has 0 aliphatic carbocycles. The highest BCUT2D eigenvalue weighted by atomic mass is 16.5. The lowest BCUT2D eigenvalue weighted by molar-refractivity contribution is -0.120. The summed E-state index contributed by atoms with van der Waals surface area (Å²) < 4.78 is 5.09. The molecule has 4 heteroatoms. The van der Waals surface area contributed by atoms with Crippen LogP contribution in [0.3, 0.4) is 0 Å². The fourth-order valence-electron chi connectivity index (χ4n) is 2.03. The van der Waals surface area contributed by atoms with Crippen molar-refractivity contribution >= 4 is 17.3 Å². The second kappa shape index (κ2) is 7.67. The van der Waals surface area contributed by atoms with Crippen molar-refractivity contribution in [3.05, 3.63) is 18.2 Å². The first-order chi connectivity index (χ1) is 9.12. The van der Waals surface area contributed by atoms with Crippen LogP contribution in [0.1, 0.15) is 39.5 Å². The van der Waals surface area contributed by atoms with Crippen LogP contribution in [-0.2, 0) is 4.79 Å². The summed E-state index contributed by atoms with van der Waals surface area (Å²) in [5.74, 6) is 0.764. The van der Waals surface area contributed by atoms with Crippen LogP contribution in [0.15, 0.2) is 18.2 Å². The predicted octanol–water partition coefficient (Wildman–Crippen LogP) is 3.43. The van der Waals surface area contributed by atoms with Crippen LogP contribution in [0.5, 0.6) is 5.75 Å². The molecule has 0 spiro atoms. The smallest absolute Gasteiger partial charge is 0.227 e. The number of nitrogen functional groups attached to an aromatic ring is 1. The third kappa shape index (κ3) is 4.47. The van der Waals surface area contributed by atoms with Gasteiger partial charge in [-0.1, -0.05) is 26.7 Å². The molecule has 19 heavy (non-hydrogen) atoms. The molecule has 106 valence electrons. The second-order valence-corrected chi connectivity index (χ2v) is 4.69. The lowest BCUT2D eigenvalue weighted by Gasteiger charge is -2.15. The maximum Gasteiger partial charge on any atom is 0.227 e. The number of hydrogen-bond donors (Lipinski definition) is 2. The fourth-order valence-corrected chi connectivity index (χ4v) is 2.03. The monoisotopic (exact) mass is 264 g/mol. The maximum atomic E-state index is 12.1. The highest BCUT2D eigenvalue weighted by Crippen LogP contribution is 2.25. The Labute approximate surface area is 115 Å². The zero-order valence-corrected chi connectivity index (χ0v) is 12.0. The molecule has 1 atom stereocenters. The Morgan fingerprint density at radius 2 is 2.16 bits per heavy atom. The molecular formula is C15H24N2O2. The quantitative estimate of drug-likeness (QED) is 0.741. The number of nitrogens with one attached hydrogen (secondary N) is 1. The molecule has 0 fully saturated rings. The molecule has 1 rings (SSSR count). The van der Waals surface area contributed by atoms with Gasteiger partial charge in [-0.25, -0.2) is 0 Å². The van der Waals surface area contributed by atoms with Crippen LogP contribution < -0.4 is 15.8 Å². The molecule has 0 aliphatic rings. The third-order valence-electron chi connectivity index (χ3n) is 3.27. The Hall–Kier alpha value is -1.71. The Bertz CT molecular complexity index is 419. The molecule has 0 aliphatic heterocycles. The molecule has 0 saturated carbocycles. The van der Waals surface area contributed by atoms with Gasteiger partial charge in [-0.2, -0.15) is 0 Å². The van der Waals surface area contributed by atoms with E-state index in [0.29, 0.717) is 11.4 Å². The molecule has 0 saturated heterocycles. The van der Waals surface area contributed by atoms with Gasteiger partial charge in [0.2, 0.25) is 5.91 Å². The minimum atomic E-state index is 0.0699. The van der Waals surface area contributed by atoms with E-state index in [1.165, 1.54) is 0 Å². The van der Waals surface area contributed by atoms with Crippen LogP contribution in [0, 0.1) is 5.92 Å². The Balaban J connectivity index is 2.67. The van der Waals surface area contributed by atoms with Crippen molar-refractivity contribution in [2.45, 2.75) is 39.5 Å². The minimum absolute atomic E-state index is 0.0699. The Morgan fingerprint density at radius 1 is 1.42 bits per heavy atom. The standard InChI is InChI=1S/C15H24N2O2/c1-4-6-7-11(5-2)15(18)17-12-8-9-14(19-3)13(16)10-12/h8-11H,4-7,16H2,1-3H3,(H,17,18). The summed E-state index contributed by atoms with van der Waals surface area (Å²) in [5.41, 5.74) is 7.07. The van der Waals surface area contributed by atoms with Gasteiger partial charge in [0, 0.05) is 11.6 Å². The van der Waals surface area contributed by atoms with E-state index < -0.39 is 0 Å². The summed E-state index contributed by atoms with van der Waals surface area (Å²) >= 11 is 0. The normalized spacial score (nSPS) is 11.9. The van der Waals surface area contributed by atoms with Gasteiger partial charge in [0.1, 0.15) is 5.75 Å². The summed E-state index contributed by atoms with van der Waals surface area (Å²) in [4.78, 5) is 12.1. The number of unbranched alkanes of at least 4 members (excludes halogenated alkanes) is 1. The number of methoxy groups -OCH3 is 1. The highest BCUT2D eigenvalue weighted by Gasteiger charge is 2.16. The van der Waals surface area contributed by atoms with Crippen LogP contribution in [0.4, 0.5) is 11.4 Å². The van der Waals surface area contributed by atoms with E-state index in [0.717, 1.165) is 31.4 Å². The van der Waals surface area contributed by atoms with Gasteiger partial charge < -0.3 is 15.8 Å². The van der Waals surface area contributed by atoms with Crippen molar-refractivity contribution in [1.29, 1.82) is 0 Å². The fraction of sp³-hybridized carbons (Fsp3) is 0.533. The number of carbonyl (C=O) groups excluding carboxylic acids is 1. The zero-order valence-electron chi connectivity index (χ0n) is 12.0. The van der Waals surface area contributed by atoms with E-state index in [9.17, 15) is 4.79 Å². The van der Waals surface area contributed by atoms with Crippen LogP contribution >= 0.6 is 0 Å². The van der Waals surface area contributed by atoms with Gasteiger partial charge in [0.15, 0.2) is 0 Å². The third-order valence-corrected chi connectivity index (χ3v) is 3.27.